The van der Waals surface area contributed by atoms with Crippen molar-refractivity contribution in [1.82, 2.24) is 15.3 Å². The van der Waals surface area contributed by atoms with Gasteiger partial charge in [-0.25, -0.2) is 14.8 Å². The van der Waals surface area contributed by atoms with Crippen LogP contribution in [0.2, 0.25) is 0 Å². The van der Waals surface area contributed by atoms with Crippen molar-refractivity contribution >= 4 is 23.8 Å². The largest absolute Gasteiger partial charge is 0.438 e. The highest BCUT2D eigenvalue weighted by Crippen LogP contribution is 2.27. The predicted octanol–water partition coefficient (Wildman–Crippen LogP) is 2.28. The first-order chi connectivity index (χ1) is 12.0. The molecule has 0 radical (unpaired) electrons. The van der Waals surface area contributed by atoms with Crippen molar-refractivity contribution in [2.75, 3.05) is 24.7 Å². The summed E-state index contributed by atoms with van der Waals surface area (Å²) in [7, 11) is 1.42. The topological polar surface area (TPSA) is 124 Å². The van der Waals surface area contributed by atoms with Gasteiger partial charge in [0.05, 0.1) is 6.21 Å². The second-order valence-electron chi connectivity index (χ2n) is 4.96. The number of nitrogens with two attached hydrogens (primary N) is 1. The Morgan fingerprint density at radius 3 is 2.88 bits per heavy atom. The summed E-state index contributed by atoms with van der Waals surface area (Å²) < 4.78 is 5.77. The van der Waals surface area contributed by atoms with Crippen molar-refractivity contribution in [3.8, 4) is 11.6 Å². The van der Waals surface area contributed by atoms with Crippen molar-refractivity contribution in [2.24, 2.45) is 5.16 Å². The summed E-state index contributed by atoms with van der Waals surface area (Å²) >= 11 is 0. The zero-order chi connectivity index (χ0) is 18.2. The Morgan fingerprint density at radius 2 is 2.20 bits per heavy atom. The van der Waals surface area contributed by atoms with Crippen LogP contribution in [0.4, 0.5) is 16.3 Å². The summed E-state index contributed by atoms with van der Waals surface area (Å²) in [5, 5.41) is 9.10. The molecule has 0 aliphatic carbocycles. The van der Waals surface area contributed by atoms with Crippen LogP contribution in [0, 0.1) is 6.92 Å². The fourth-order valence-corrected chi connectivity index (χ4v) is 1.98. The number of benzene rings is 1. The van der Waals surface area contributed by atoms with E-state index < -0.39 is 0 Å². The van der Waals surface area contributed by atoms with Crippen LogP contribution in [0.25, 0.3) is 0 Å². The van der Waals surface area contributed by atoms with Crippen LogP contribution in [0.3, 0.4) is 0 Å². The van der Waals surface area contributed by atoms with E-state index in [9.17, 15) is 4.79 Å². The number of nitrogen functional groups attached to an aromatic ring is 1. The molecule has 1 heterocycles. The highest BCUT2D eigenvalue weighted by molar-refractivity contribution is 5.90. The standard InChI is InChI=1S/C16H20N6O3/c1-4-18-16(23)22-13-6-5-11(7-10(13)2)25-15-12(8-21-24-3)14(17)19-9-20-15/h5-9H,4H2,1-3H3,(H2,17,19,20)(H2,18,22,23). The van der Waals surface area contributed by atoms with Crippen LogP contribution < -0.4 is 21.1 Å². The normalized spacial score (nSPS) is 10.5. The molecule has 0 saturated carbocycles. The number of nitrogens with zero attached hydrogens (tertiary/aromatic N) is 3. The molecule has 0 aliphatic rings. The van der Waals surface area contributed by atoms with Gasteiger partial charge in [-0.05, 0) is 37.6 Å². The van der Waals surface area contributed by atoms with E-state index in [1.165, 1.54) is 19.7 Å². The number of nitrogens with one attached hydrogen (secondary N) is 2. The number of carbonyl (C=O) groups is 1. The number of aryl methyl sites for hydroxylation is 1. The number of hydrogen-bond donors (Lipinski definition) is 3. The zero-order valence-electron chi connectivity index (χ0n) is 14.2. The molecule has 0 bridgehead atoms. The first-order valence-corrected chi connectivity index (χ1v) is 7.55. The van der Waals surface area contributed by atoms with Crippen LogP contribution >= 0.6 is 0 Å². The van der Waals surface area contributed by atoms with Gasteiger partial charge in [0.2, 0.25) is 5.88 Å². The molecule has 2 aromatic rings. The molecule has 1 aromatic heterocycles. The van der Waals surface area contributed by atoms with Crippen molar-refractivity contribution in [1.29, 1.82) is 0 Å². The molecule has 0 unspecified atom stereocenters. The first kappa shape index (κ1) is 18.0. The number of rotatable bonds is 6. The Kier molecular flexibility index (Phi) is 6.10. The van der Waals surface area contributed by atoms with Crippen LogP contribution in [0.1, 0.15) is 18.1 Å². The molecule has 2 rings (SSSR count). The monoisotopic (exact) mass is 344 g/mol. The van der Waals surface area contributed by atoms with Gasteiger partial charge in [0.15, 0.2) is 0 Å². The number of anilines is 2. The van der Waals surface area contributed by atoms with Gasteiger partial charge in [0.1, 0.15) is 30.6 Å². The maximum absolute atomic E-state index is 11.6. The van der Waals surface area contributed by atoms with Crippen LogP contribution in [0.5, 0.6) is 11.6 Å². The van der Waals surface area contributed by atoms with Crippen molar-refractivity contribution in [3.05, 3.63) is 35.7 Å². The summed E-state index contributed by atoms with van der Waals surface area (Å²) in [6.45, 7) is 4.25. The molecule has 9 heteroatoms. The van der Waals surface area contributed by atoms with Crippen molar-refractivity contribution in [2.45, 2.75) is 13.8 Å². The maximum atomic E-state index is 11.6. The molecular formula is C16H20N6O3. The smallest absolute Gasteiger partial charge is 0.319 e. The Balaban J connectivity index is 2.21. The first-order valence-electron chi connectivity index (χ1n) is 7.55. The summed E-state index contributed by atoms with van der Waals surface area (Å²) in [5.41, 5.74) is 7.74. The molecule has 132 valence electrons. The van der Waals surface area contributed by atoms with E-state index in [4.69, 9.17) is 10.5 Å². The zero-order valence-corrected chi connectivity index (χ0v) is 14.2. The summed E-state index contributed by atoms with van der Waals surface area (Å²) in [4.78, 5) is 24.2. The van der Waals surface area contributed by atoms with Gasteiger partial charge in [0, 0.05) is 12.2 Å². The number of urea groups is 1. The van der Waals surface area contributed by atoms with Gasteiger partial charge < -0.3 is 25.9 Å². The highest BCUT2D eigenvalue weighted by Gasteiger charge is 2.11. The Bertz CT molecular complexity index is 778. The predicted molar refractivity (Wildman–Crippen MR) is 95.0 cm³/mol. The Labute approximate surface area is 145 Å². The summed E-state index contributed by atoms with van der Waals surface area (Å²) in [5.74, 6) is 0.998. The molecule has 0 fully saturated rings. The summed E-state index contributed by atoms with van der Waals surface area (Å²) in [6.07, 6.45) is 2.68. The molecule has 2 amide bonds. The number of ether oxygens (including phenoxy) is 1. The molecule has 0 aliphatic heterocycles. The van der Waals surface area contributed by atoms with Crippen molar-refractivity contribution in [3.63, 3.8) is 0 Å². The molecular weight excluding hydrogens is 324 g/mol. The third-order valence-electron chi connectivity index (χ3n) is 3.16. The average molecular weight is 344 g/mol. The van der Waals surface area contributed by atoms with E-state index >= 15 is 0 Å². The van der Waals surface area contributed by atoms with E-state index in [2.05, 4.69) is 30.6 Å². The van der Waals surface area contributed by atoms with Gasteiger partial charge in [-0.3, -0.25) is 0 Å². The number of amides is 2. The lowest BCUT2D eigenvalue weighted by molar-refractivity contribution is 0.215. The number of aromatic nitrogens is 2. The summed E-state index contributed by atoms with van der Waals surface area (Å²) in [6, 6.07) is 4.97. The lowest BCUT2D eigenvalue weighted by Crippen LogP contribution is -2.28. The molecule has 4 N–H and O–H groups in total. The van der Waals surface area contributed by atoms with Crippen LogP contribution in [-0.4, -0.2) is 35.9 Å². The molecule has 1 aromatic carbocycles. The lowest BCUT2D eigenvalue weighted by Gasteiger charge is -2.12. The van der Waals surface area contributed by atoms with Crippen LogP contribution in [-0.2, 0) is 4.84 Å². The van der Waals surface area contributed by atoms with E-state index in [0.29, 0.717) is 23.5 Å². The minimum absolute atomic E-state index is 0.219. The molecule has 0 atom stereocenters. The fourth-order valence-electron chi connectivity index (χ4n) is 1.98. The Morgan fingerprint density at radius 1 is 1.40 bits per heavy atom. The quantitative estimate of drug-likeness (QED) is 0.545. The minimum Gasteiger partial charge on any atom is -0.438 e. The van der Waals surface area contributed by atoms with Gasteiger partial charge in [0.25, 0.3) is 0 Å². The third-order valence-corrected chi connectivity index (χ3v) is 3.16. The third kappa shape index (κ3) is 4.80. The number of hydrogen-bond acceptors (Lipinski definition) is 7. The second kappa shape index (κ2) is 8.48. The van der Waals surface area contributed by atoms with E-state index in [-0.39, 0.29) is 17.7 Å². The van der Waals surface area contributed by atoms with E-state index in [1.807, 2.05) is 13.8 Å². The minimum atomic E-state index is -0.263. The van der Waals surface area contributed by atoms with Crippen LogP contribution in [0.15, 0.2) is 29.7 Å². The number of oxime groups is 1. The van der Waals surface area contributed by atoms with Crippen molar-refractivity contribution < 1.29 is 14.4 Å². The fraction of sp³-hybridized carbons (Fsp3) is 0.250. The maximum Gasteiger partial charge on any atom is 0.319 e. The second-order valence-corrected chi connectivity index (χ2v) is 4.96. The number of carbonyl (C=O) groups excluding carboxylic acids is 1. The molecule has 0 saturated heterocycles. The van der Waals surface area contributed by atoms with E-state index in [0.717, 1.165) is 5.56 Å². The molecule has 9 nitrogen and oxygen atoms in total. The average Bonchev–Trinajstić information content (AvgIpc) is 2.57. The Hall–Kier alpha value is -3.36. The van der Waals surface area contributed by atoms with Gasteiger partial charge in [-0.1, -0.05) is 5.16 Å². The SMILES string of the molecule is CCNC(=O)Nc1ccc(Oc2ncnc(N)c2C=NOC)cc1C. The highest BCUT2D eigenvalue weighted by atomic mass is 16.6. The van der Waals surface area contributed by atoms with Gasteiger partial charge in [-0.2, -0.15) is 0 Å². The molecule has 0 spiro atoms. The molecule has 25 heavy (non-hydrogen) atoms. The lowest BCUT2D eigenvalue weighted by atomic mass is 10.2. The van der Waals surface area contributed by atoms with E-state index in [1.54, 1.807) is 18.2 Å². The van der Waals surface area contributed by atoms with Gasteiger partial charge >= 0.3 is 6.03 Å². The van der Waals surface area contributed by atoms with Gasteiger partial charge in [-0.15, -0.1) is 0 Å².